The van der Waals surface area contributed by atoms with Gasteiger partial charge >= 0.3 is 0 Å². The lowest BCUT2D eigenvalue weighted by Crippen LogP contribution is -2.09. The minimum atomic E-state index is 0.452. The third kappa shape index (κ3) is 5.16. The summed E-state index contributed by atoms with van der Waals surface area (Å²) in [5.74, 6) is 1.99. The molecule has 0 saturated heterocycles. The normalized spacial score (nSPS) is 11.2. The highest BCUT2D eigenvalue weighted by molar-refractivity contribution is 5.28. The fourth-order valence-corrected chi connectivity index (χ4v) is 1.68. The summed E-state index contributed by atoms with van der Waals surface area (Å²) < 4.78 is 0. The molecule has 0 fully saturated rings. The number of aryl methyl sites for hydroxylation is 1. The highest BCUT2D eigenvalue weighted by atomic mass is 15.1. The lowest BCUT2D eigenvalue weighted by atomic mass is 10.1. The Balaban J connectivity index is 2.53. The standard InChI is InChI=1S/C14H25N3/c1-10(2)7-6-8-15-14-16-12(5)9-13(17-14)11(3)4/h9-11H,6-8H2,1-5H3,(H,15,16,17). The maximum absolute atomic E-state index is 4.53. The first-order chi connectivity index (χ1) is 7.99. The summed E-state index contributed by atoms with van der Waals surface area (Å²) >= 11 is 0. The number of aromatic nitrogens is 2. The monoisotopic (exact) mass is 235 g/mol. The van der Waals surface area contributed by atoms with Gasteiger partial charge < -0.3 is 5.32 Å². The van der Waals surface area contributed by atoms with Crippen molar-refractivity contribution in [1.29, 1.82) is 0 Å². The van der Waals surface area contributed by atoms with Crippen LogP contribution in [0.25, 0.3) is 0 Å². The first-order valence-corrected chi connectivity index (χ1v) is 6.58. The van der Waals surface area contributed by atoms with Crippen molar-refractivity contribution >= 4 is 5.95 Å². The maximum atomic E-state index is 4.53. The van der Waals surface area contributed by atoms with Gasteiger partial charge in [-0.3, -0.25) is 0 Å². The highest BCUT2D eigenvalue weighted by Crippen LogP contribution is 2.14. The van der Waals surface area contributed by atoms with E-state index in [1.54, 1.807) is 0 Å². The molecule has 3 heteroatoms. The van der Waals surface area contributed by atoms with Crippen LogP contribution in [0.2, 0.25) is 0 Å². The average Bonchev–Trinajstić information content (AvgIpc) is 2.23. The molecule has 1 aromatic heterocycles. The molecule has 1 aromatic rings. The van der Waals surface area contributed by atoms with Crippen molar-refractivity contribution < 1.29 is 0 Å². The summed E-state index contributed by atoms with van der Waals surface area (Å²) in [6.45, 7) is 11.8. The van der Waals surface area contributed by atoms with E-state index in [0.717, 1.165) is 29.8 Å². The molecule has 3 nitrogen and oxygen atoms in total. The molecule has 17 heavy (non-hydrogen) atoms. The van der Waals surface area contributed by atoms with Crippen molar-refractivity contribution in [2.24, 2.45) is 5.92 Å². The molecule has 0 aliphatic heterocycles. The van der Waals surface area contributed by atoms with E-state index in [0.29, 0.717) is 5.92 Å². The lowest BCUT2D eigenvalue weighted by molar-refractivity contribution is 0.566. The topological polar surface area (TPSA) is 37.8 Å². The Kier molecular flexibility index (Phi) is 5.39. The zero-order chi connectivity index (χ0) is 12.8. The van der Waals surface area contributed by atoms with Crippen LogP contribution in [0.4, 0.5) is 5.95 Å². The van der Waals surface area contributed by atoms with Crippen LogP contribution in [-0.4, -0.2) is 16.5 Å². The Morgan fingerprint density at radius 2 is 1.88 bits per heavy atom. The minimum Gasteiger partial charge on any atom is -0.354 e. The fourth-order valence-electron chi connectivity index (χ4n) is 1.68. The van der Waals surface area contributed by atoms with E-state index < -0.39 is 0 Å². The molecule has 0 saturated carbocycles. The second-order valence-electron chi connectivity index (χ2n) is 5.38. The van der Waals surface area contributed by atoms with Crippen LogP contribution in [0, 0.1) is 12.8 Å². The van der Waals surface area contributed by atoms with Gasteiger partial charge in [0.05, 0.1) is 0 Å². The smallest absolute Gasteiger partial charge is 0.223 e. The third-order valence-corrected chi connectivity index (χ3v) is 2.71. The summed E-state index contributed by atoms with van der Waals surface area (Å²) in [6, 6.07) is 2.06. The SMILES string of the molecule is Cc1cc(C(C)C)nc(NCCCC(C)C)n1. The number of anilines is 1. The predicted molar refractivity (Wildman–Crippen MR) is 73.4 cm³/mol. The number of hydrogen-bond acceptors (Lipinski definition) is 3. The van der Waals surface area contributed by atoms with Crippen LogP contribution < -0.4 is 5.32 Å². The Bertz CT molecular complexity index is 345. The Morgan fingerprint density at radius 3 is 2.47 bits per heavy atom. The predicted octanol–water partition coefficient (Wildman–Crippen LogP) is 3.76. The van der Waals surface area contributed by atoms with E-state index in [-0.39, 0.29) is 0 Å². The molecule has 1 heterocycles. The van der Waals surface area contributed by atoms with E-state index in [2.05, 4.69) is 49.0 Å². The molecule has 0 radical (unpaired) electrons. The summed E-state index contributed by atoms with van der Waals surface area (Å²) in [7, 11) is 0. The van der Waals surface area contributed by atoms with Gasteiger partial charge in [-0.05, 0) is 37.7 Å². The van der Waals surface area contributed by atoms with Gasteiger partial charge in [0.2, 0.25) is 5.95 Å². The Labute approximate surface area is 105 Å². The number of rotatable bonds is 6. The Morgan fingerprint density at radius 1 is 1.18 bits per heavy atom. The molecule has 0 atom stereocenters. The first kappa shape index (κ1) is 13.9. The number of nitrogens with zero attached hydrogens (tertiary/aromatic N) is 2. The van der Waals surface area contributed by atoms with Gasteiger partial charge in [-0.2, -0.15) is 0 Å². The summed E-state index contributed by atoms with van der Waals surface area (Å²) in [6.07, 6.45) is 2.42. The van der Waals surface area contributed by atoms with Gasteiger partial charge in [0, 0.05) is 17.9 Å². The van der Waals surface area contributed by atoms with Gasteiger partial charge in [0.25, 0.3) is 0 Å². The van der Waals surface area contributed by atoms with E-state index in [4.69, 9.17) is 0 Å². The van der Waals surface area contributed by atoms with Crippen LogP contribution in [0.15, 0.2) is 6.07 Å². The molecule has 1 rings (SSSR count). The molecule has 0 aliphatic carbocycles. The maximum Gasteiger partial charge on any atom is 0.223 e. The summed E-state index contributed by atoms with van der Waals surface area (Å²) in [5.41, 5.74) is 2.15. The van der Waals surface area contributed by atoms with E-state index in [9.17, 15) is 0 Å². The average molecular weight is 235 g/mol. The number of nitrogens with one attached hydrogen (secondary N) is 1. The molecule has 0 amide bonds. The summed E-state index contributed by atoms with van der Waals surface area (Å²) in [4.78, 5) is 8.94. The quantitative estimate of drug-likeness (QED) is 0.763. The highest BCUT2D eigenvalue weighted by Gasteiger charge is 2.05. The van der Waals surface area contributed by atoms with Crippen LogP contribution in [0.1, 0.15) is 57.8 Å². The zero-order valence-electron chi connectivity index (χ0n) is 11.7. The van der Waals surface area contributed by atoms with Crippen LogP contribution in [-0.2, 0) is 0 Å². The van der Waals surface area contributed by atoms with Crippen molar-refractivity contribution in [2.45, 2.75) is 53.4 Å². The van der Waals surface area contributed by atoms with Crippen LogP contribution in [0.3, 0.4) is 0 Å². The van der Waals surface area contributed by atoms with Gasteiger partial charge in [0.15, 0.2) is 0 Å². The van der Waals surface area contributed by atoms with Crippen molar-refractivity contribution in [3.8, 4) is 0 Å². The third-order valence-electron chi connectivity index (χ3n) is 2.71. The molecular weight excluding hydrogens is 210 g/mol. The molecule has 1 N–H and O–H groups in total. The largest absolute Gasteiger partial charge is 0.354 e. The van der Waals surface area contributed by atoms with Crippen molar-refractivity contribution in [1.82, 2.24) is 9.97 Å². The summed E-state index contributed by atoms with van der Waals surface area (Å²) in [5, 5.41) is 3.31. The molecule has 96 valence electrons. The van der Waals surface area contributed by atoms with Gasteiger partial charge in [-0.25, -0.2) is 9.97 Å². The van der Waals surface area contributed by atoms with Gasteiger partial charge in [0.1, 0.15) is 0 Å². The van der Waals surface area contributed by atoms with E-state index in [1.807, 2.05) is 6.92 Å². The van der Waals surface area contributed by atoms with E-state index >= 15 is 0 Å². The van der Waals surface area contributed by atoms with Gasteiger partial charge in [-0.1, -0.05) is 27.7 Å². The van der Waals surface area contributed by atoms with Crippen molar-refractivity contribution in [3.63, 3.8) is 0 Å². The van der Waals surface area contributed by atoms with Gasteiger partial charge in [-0.15, -0.1) is 0 Å². The molecular formula is C14H25N3. The van der Waals surface area contributed by atoms with Crippen molar-refractivity contribution in [3.05, 3.63) is 17.5 Å². The lowest BCUT2D eigenvalue weighted by Gasteiger charge is -2.10. The zero-order valence-corrected chi connectivity index (χ0v) is 11.7. The van der Waals surface area contributed by atoms with Crippen LogP contribution >= 0.6 is 0 Å². The number of hydrogen-bond donors (Lipinski definition) is 1. The first-order valence-electron chi connectivity index (χ1n) is 6.58. The second-order valence-corrected chi connectivity index (χ2v) is 5.38. The minimum absolute atomic E-state index is 0.452. The van der Waals surface area contributed by atoms with Crippen molar-refractivity contribution in [2.75, 3.05) is 11.9 Å². The second kappa shape index (κ2) is 6.58. The molecule has 0 spiro atoms. The van der Waals surface area contributed by atoms with E-state index in [1.165, 1.54) is 12.8 Å². The molecule has 0 aliphatic rings. The Hall–Kier alpha value is -1.12. The molecule has 0 unspecified atom stereocenters. The molecule has 0 aromatic carbocycles. The molecule has 0 bridgehead atoms. The fraction of sp³-hybridized carbons (Fsp3) is 0.714. The van der Waals surface area contributed by atoms with Crippen LogP contribution in [0.5, 0.6) is 0 Å².